The third-order valence-electron chi connectivity index (χ3n) is 5.64. The number of carbonyl (C=O) groups excluding carboxylic acids is 2. The summed E-state index contributed by atoms with van der Waals surface area (Å²) in [5.74, 6) is -0.0295. The van der Waals surface area contributed by atoms with Gasteiger partial charge in [-0.15, -0.1) is 0 Å². The lowest BCUT2D eigenvalue weighted by Crippen LogP contribution is -2.52. The highest BCUT2D eigenvalue weighted by Gasteiger charge is 2.31. The van der Waals surface area contributed by atoms with Crippen LogP contribution >= 0.6 is 34.8 Å². The lowest BCUT2D eigenvalue weighted by molar-refractivity contribution is -0.143. The van der Waals surface area contributed by atoms with Gasteiger partial charge in [-0.25, -0.2) is 0 Å². The molecular formula is C24H27Cl3N2O3. The summed E-state index contributed by atoms with van der Waals surface area (Å²) in [6.45, 7) is 1.74. The standard InChI is InChI=1S/C24H27Cl3N2O3/c1-2-22(24(31)28-17-8-3-4-9-17)29(14-19-20(26)11-6-12-21(19)27)23(30)15-32-18-10-5-7-16(25)13-18/h5-7,10-13,17,22H,2-4,8-9,14-15H2,1H3,(H,28,31)/t22-/m1/s1. The molecule has 32 heavy (non-hydrogen) atoms. The molecule has 0 spiro atoms. The molecule has 1 fully saturated rings. The van der Waals surface area contributed by atoms with Crippen molar-refractivity contribution >= 4 is 46.6 Å². The Labute approximate surface area is 204 Å². The Kier molecular flexibility index (Phi) is 9.09. The van der Waals surface area contributed by atoms with E-state index in [4.69, 9.17) is 39.5 Å². The first-order chi connectivity index (χ1) is 15.4. The van der Waals surface area contributed by atoms with Crippen LogP contribution in [0.4, 0.5) is 0 Å². The molecule has 8 heteroatoms. The molecule has 0 aliphatic heterocycles. The Hall–Kier alpha value is -1.95. The van der Waals surface area contributed by atoms with E-state index in [1.165, 1.54) is 4.90 Å². The fraction of sp³-hybridized carbons (Fsp3) is 0.417. The van der Waals surface area contributed by atoms with Crippen LogP contribution in [0.5, 0.6) is 5.75 Å². The van der Waals surface area contributed by atoms with Crippen molar-refractivity contribution in [2.24, 2.45) is 0 Å². The fourth-order valence-electron chi connectivity index (χ4n) is 3.93. The first-order valence-electron chi connectivity index (χ1n) is 10.8. The van der Waals surface area contributed by atoms with Gasteiger partial charge in [-0.05, 0) is 49.6 Å². The molecule has 0 heterocycles. The topological polar surface area (TPSA) is 58.6 Å². The molecule has 1 aliphatic carbocycles. The van der Waals surface area contributed by atoms with Crippen molar-refractivity contribution in [2.45, 2.75) is 57.7 Å². The number of hydrogen-bond acceptors (Lipinski definition) is 3. The molecular weight excluding hydrogens is 471 g/mol. The SMILES string of the molecule is CC[C@H](C(=O)NC1CCCC1)N(Cc1c(Cl)cccc1Cl)C(=O)COc1cccc(Cl)c1. The van der Waals surface area contributed by atoms with E-state index in [-0.39, 0.29) is 31.0 Å². The van der Waals surface area contributed by atoms with E-state index in [1.807, 2.05) is 6.92 Å². The average molecular weight is 498 g/mol. The van der Waals surface area contributed by atoms with Gasteiger partial charge < -0.3 is 15.0 Å². The molecule has 5 nitrogen and oxygen atoms in total. The lowest BCUT2D eigenvalue weighted by atomic mass is 10.1. The van der Waals surface area contributed by atoms with Gasteiger partial charge in [-0.3, -0.25) is 9.59 Å². The summed E-state index contributed by atoms with van der Waals surface area (Å²) in [6.07, 6.45) is 4.58. The second kappa shape index (κ2) is 11.8. The number of nitrogens with zero attached hydrogens (tertiary/aromatic N) is 1. The second-order valence-electron chi connectivity index (χ2n) is 7.88. The van der Waals surface area contributed by atoms with Crippen LogP contribution in [-0.4, -0.2) is 35.4 Å². The van der Waals surface area contributed by atoms with Crippen LogP contribution in [0.25, 0.3) is 0 Å². The average Bonchev–Trinajstić information content (AvgIpc) is 3.27. The number of nitrogens with one attached hydrogen (secondary N) is 1. The minimum Gasteiger partial charge on any atom is -0.484 e. The molecule has 2 amide bonds. The van der Waals surface area contributed by atoms with E-state index < -0.39 is 6.04 Å². The first-order valence-corrected chi connectivity index (χ1v) is 11.9. The van der Waals surface area contributed by atoms with Gasteiger partial charge >= 0.3 is 0 Å². The zero-order chi connectivity index (χ0) is 23.1. The van der Waals surface area contributed by atoms with Gasteiger partial charge in [0, 0.05) is 33.2 Å². The Bertz CT molecular complexity index is 928. The van der Waals surface area contributed by atoms with Gasteiger partial charge in [-0.2, -0.15) is 0 Å². The van der Waals surface area contributed by atoms with Crippen molar-refractivity contribution in [3.05, 3.63) is 63.1 Å². The Balaban J connectivity index is 1.81. The number of amides is 2. The highest BCUT2D eigenvalue weighted by Crippen LogP contribution is 2.27. The summed E-state index contributed by atoms with van der Waals surface area (Å²) in [6, 6.07) is 11.5. The van der Waals surface area contributed by atoms with E-state index in [1.54, 1.807) is 42.5 Å². The third kappa shape index (κ3) is 6.53. The summed E-state index contributed by atoms with van der Waals surface area (Å²) in [5.41, 5.74) is 0.596. The molecule has 0 bridgehead atoms. The normalized spacial score (nSPS) is 14.8. The Morgan fingerprint density at radius 1 is 1.09 bits per heavy atom. The van der Waals surface area contributed by atoms with Gasteiger partial charge in [0.15, 0.2) is 6.61 Å². The van der Waals surface area contributed by atoms with Gasteiger partial charge in [-0.1, -0.05) is 66.7 Å². The fourth-order valence-corrected chi connectivity index (χ4v) is 4.62. The number of halogens is 3. The van der Waals surface area contributed by atoms with E-state index in [0.717, 1.165) is 25.7 Å². The van der Waals surface area contributed by atoms with Crippen LogP contribution in [0.1, 0.15) is 44.6 Å². The van der Waals surface area contributed by atoms with Crippen LogP contribution < -0.4 is 10.1 Å². The van der Waals surface area contributed by atoms with E-state index in [9.17, 15) is 9.59 Å². The highest BCUT2D eigenvalue weighted by atomic mass is 35.5. The first kappa shape index (κ1) is 24.7. The maximum Gasteiger partial charge on any atom is 0.261 e. The predicted molar refractivity (Wildman–Crippen MR) is 128 cm³/mol. The molecule has 172 valence electrons. The van der Waals surface area contributed by atoms with Crippen LogP contribution in [-0.2, 0) is 16.1 Å². The van der Waals surface area contributed by atoms with Crippen LogP contribution in [0.3, 0.4) is 0 Å². The van der Waals surface area contributed by atoms with Gasteiger partial charge in [0.2, 0.25) is 5.91 Å². The molecule has 1 N–H and O–H groups in total. The minimum atomic E-state index is -0.668. The van der Waals surface area contributed by atoms with Crippen molar-refractivity contribution in [1.29, 1.82) is 0 Å². The number of hydrogen-bond donors (Lipinski definition) is 1. The van der Waals surface area contributed by atoms with Crippen molar-refractivity contribution in [3.63, 3.8) is 0 Å². The molecule has 0 unspecified atom stereocenters. The van der Waals surface area contributed by atoms with Gasteiger partial charge in [0.05, 0.1) is 0 Å². The summed E-state index contributed by atoms with van der Waals surface area (Å²) in [5, 5.41) is 4.50. The maximum absolute atomic E-state index is 13.3. The van der Waals surface area contributed by atoms with Crippen molar-refractivity contribution < 1.29 is 14.3 Å². The van der Waals surface area contributed by atoms with Gasteiger partial charge in [0.1, 0.15) is 11.8 Å². The van der Waals surface area contributed by atoms with E-state index >= 15 is 0 Å². The molecule has 1 aliphatic rings. The van der Waals surface area contributed by atoms with Crippen molar-refractivity contribution in [1.82, 2.24) is 10.2 Å². The minimum absolute atomic E-state index is 0.104. The molecule has 2 aromatic rings. The zero-order valence-electron chi connectivity index (χ0n) is 18.0. The molecule has 0 radical (unpaired) electrons. The Morgan fingerprint density at radius 2 is 1.75 bits per heavy atom. The highest BCUT2D eigenvalue weighted by molar-refractivity contribution is 6.36. The molecule has 2 aromatic carbocycles. The Morgan fingerprint density at radius 3 is 2.38 bits per heavy atom. The number of benzene rings is 2. The molecule has 1 saturated carbocycles. The zero-order valence-corrected chi connectivity index (χ0v) is 20.2. The van der Waals surface area contributed by atoms with Crippen molar-refractivity contribution in [2.75, 3.05) is 6.61 Å². The van der Waals surface area contributed by atoms with Crippen LogP contribution in [0.15, 0.2) is 42.5 Å². The van der Waals surface area contributed by atoms with Crippen LogP contribution in [0.2, 0.25) is 15.1 Å². The monoisotopic (exact) mass is 496 g/mol. The summed E-state index contributed by atoms with van der Waals surface area (Å²) in [7, 11) is 0. The molecule has 0 aromatic heterocycles. The number of rotatable bonds is 9. The molecule has 1 atom stereocenters. The number of ether oxygens (including phenoxy) is 1. The van der Waals surface area contributed by atoms with Crippen molar-refractivity contribution in [3.8, 4) is 5.75 Å². The van der Waals surface area contributed by atoms with E-state index in [0.29, 0.717) is 32.8 Å². The summed E-state index contributed by atoms with van der Waals surface area (Å²) in [4.78, 5) is 27.9. The smallest absolute Gasteiger partial charge is 0.261 e. The molecule has 0 saturated heterocycles. The quantitative estimate of drug-likeness (QED) is 0.470. The lowest BCUT2D eigenvalue weighted by Gasteiger charge is -2.32. The maximum atomic E-state index is 13.3. The molecule has 3 rings (SSSR count). The summed E-state index contributed by atoms with van der Waals surface area (Å²) >= 11 is 18.7. The predicted octanol–water partition coefficient (Wildman–Crippen LogP) is 5.89. The van der Waals surface area contributed by atoms with Gasteiger partial charge in [0.25, 0.3) is 5.91 Å². The third-order valence-corrected chi connectivity index (χ3v) is 6.58. The van der Waals surface area contributed by atoms with E-state index in [2.05, 4.69) is 5.32 Å². The number of carbonyl (C=O) groups is 2. The second-order valence-corrected chi connectivity index (χ2v) is 9.13. The summed E-state index contributed by atoms with van der Waals surface area (Å²) < 4.78 is 5.66. The largest absolute Gasteiger partial charge is 0.484 e. The van der Waals surface area contributed by atoms with Crippen LogP contribution in [0, 0.1) is 0 Å².